The third-order valence-corrected chi connectivity index (χ3v) is 5.12. The molecule has 140 valence electrons. The third kappa shape index (κ3) is 4.40. The van der Waals surface area contributed by atoms with Crippen LogP contribution in [0.4, 0.5) is 11.4 Å². The summed E-state index contributed by atoms with van der Waals surface area (Å²) in [6.07, 6.45) is 2.60. The zero-order valence-electron chi connectivity index (χ0n) is 14.9. The molecule has 0 unspecified atom stereocenters. The molecular weight excluding hydrogens is 366 g/mol. The lowest BCUT2D eigenvalue weighted by atomic mass is 10.1. The molecule has 2 aromatic rings. The Hall–Kier alpha value is -3.00. The number of aryl methyl sites for hydroxylation is 1. The average molecular weight is 385 g/mol. The van der Waals surface area contributed by atoms with Crippen LogP contribution in [0.3, 0.4) is 0 Å². The molecule has 1 aliphatic heterocycles. The molecule has 1 fully saturated rings. The maximum absolute atomic E-state index is 12.2. The molecular formula is C19H19N3O4S. The zero-order valence-corrected chi connectivity index (χ0v) is 15.7. The molecule has 0 saturated carbocycles. The highest BCUT2D eigenvalue weighted by Gasteiger charge is 2.27. The molecule has 1 heterocycles. The number of hydrogen-bond acceptors (Lipinski definition) is 6. The number of rotatable bonds is 6. The van der Waals surface area contributed by atoms with E-state index >= 15 is 0 Å². The fraction of sp³-hybridized carbons (Fsp3) is 0.211. The van der Waals surface area contributed by atoms with Gasteiger partial charge in [-0.05, 0) is 41.8 Å². The van der Waals surface area contributed by atoms with Crippen LogP contribution in [0.15, 0.2) is 47.4 Å². The van der Waals surface area contributed by atoms with Gasteiger partial charge < -0.3 is 15.4 Å². The number of nitro benzene ring substituents is 1. The summed E-state index contributed by atoms with van der Waals surface area (Å²) in [5, 5.41) is 17.2. The predicted octanol–water partition coefficient (Wildman–Crippen LogP) is 3.77. The molecule has 0 spiro atoms. The van der Waals surface area contributed by atoms with Crippen molar-refractivity contribution in [3.05, 3.63) is 68.6 Å². The maximum atomic E-state index is 12.2. The number of benzene rings is 2. The first-order valence-corrected chi connectivity index (χ1v) is 9.25. The molecule has 1 atom stereocenters. The number of carbonyl (C=O) groups is 1. The van der Waals surface area contributed by atoms with Crippen molar-refractivity contribution in [3.8, 4) is 5.75 Å². The number of anilines is 1. The van der Waals surface area contributed by atoms with Crippen LogP contribution in [0.1, 0.15) is 18.1 Å². The fourth-order valence-corrected chi connectivity index (χ4v) is 3.63. The van der Waals surface area contributed by atoms with Gasteiger partial charge in [0.25, 0.3) is 5.91 Å². The quantitative estimate of drug-likeness (QED) is 0.447. The molecule has 3 rings (SSSR count). The third-order valence-electron chi connectivity index (χ3n) is 4.09. The van der Waals surface area contributed by atoms with Gasteiger partial charge in [0, 0.05) is 11.8 Å². The van der Waals surface area contributed by atoms with Crippen LogP contribution in [0.5, 0.6) is 5.75 Å². The number of hydrogen-bond donors (Lipinski definition) is 2. The molecule has 1 amide bonds. The normalized spacial score (nSPS) is 17.6. The van der Waals surface area contributed by atoms with E-state index in [-0.39, 0.29) is 22.8 Å². The van der Waals surface area contributed by atoms with E-state index < -0.39 is 4.92 Å². The molecule has 2 N–H and O–H groups in total. The molecule has 1 aliphatic rings. The number of amides is 1. The van der Waals surface area contributed by atoms with E-state index in [1.165, 1.54) is 36.6 Å². The average Bonchev–Trinajstić information content (AvgIpc) is 3.01. The Balaban J connectivity index is 1.74. The number of nitrogens with one attached hydrogen (secondary N) is 2. The second kappa shape index (κ2) is 8.13. The summed E-state index contributed by atoms with van der Waals surface area (Å²) in [5.74, 6) is -0.0399. The molecule has 2 aromatic carbocycles. The van der Waals surface area contributed by atoms with Crippen molar-refractivity contribution in [2.24, 2.45) is 0 Å². The molecule has 0 aromatic heterocycles. The number of ether oxygens (including phenoxy) is 1. The van der Waals surface area contributed by atoms with Crippen LogP contribution >= 0.6 is 11.8 Å². The van der Waals surface area contributed by atoms with Crippen molar-refractivity contribution in [1.29, 1.82) is 0 Å². The Morgan fingerprint density at radius 1 is 1.30 bits per heavy atom. The summed E-state index contributed by atoms with van der Waals surface area (Å²) in [6.45, 7) is 2.09. The Kier molecular flexibility index (Phi) is 5.66. The van der Waals surface area contributed by atoms with E-state index in [1.54, 1.807) is 12.1 Å². The summed E-state index contributed by atoms with van der Waals surface area (Å²) in [5.41, 5.74) is 2.27. The van der Waals surface area contributed by atoms with Gasteiger partial charge >= 0.3 is 5.69 Å². The smallest absolute Gasteiger partial charge is 0.311 e. The first kappa shape index (κ1) is 18.8. The van der Waals surface area contributed by atoms with Crippen molar-refractivity contribution in [2.75, 3.05) is 12.4 Å². The van der Waals surface area contributed by atoms with Gasteiger partial charge in [-0.1, -0.05) is 36.9 Å². The van der Waals surface area contributed by atoms with Crippen molar-refractivity contribution >= 4 is 35.1 Å². The lowest BCUT2D eigenvalue weighted by molar-refractivity contribution is -0.385. The molecule has 8 heteroatoms. The van der Waals surface area contributed by atoms with E-state index in [4.69, 9.17) is 4.74 Å². The Labute approximate surface area is 160 Å². The second-order valence-corrected chi connectivity index (χ2v) is 7.01. The van der Waals surface area contributed by atoms with Crippen LogP contribution in [0, 0.1) is 10.1 Å². The van der Waals surface area contributed by atoms with Gasteiger partial charge in [-0.25, -0.2) is 0 Å². The van der Waals surface area contributed by atoms with Crippen LogP contribution in [0.25, 0.3) is 6.08 Å². The Bertz CT molecular complexity index is 896. The molecule has 0 bridgehead atoms. The van der Waals surface area contributed by atoms with E-state index in [2.05, 4.69) is 17.6 Å². The van der Waals surface area contributed by atoms with Gasteiger partial charge in [0.05, 0.1) is 16.9 Å². The Morgan fingerprint density at radius 3 is 2.67 bits per heavy atom. The van der Waals surface area contributed by atoms with Crippen LogP contribution in [-0.2, 0) is 11.2 Å². The first-order valence-electron chi connectivity index (χ1n) is 8.37. The van der Waals surface area contributed by atoms with E-state index in [0.29, 0.717) is 10.5 Å². The molecule has 0 aliphatic carbocycles. The number of thioether (sulfide) groups is 1. The predicted molar refractivity (Wildman–Crippen MR) is 107 cm³/mol. The van der Waals surface area contributed by atoms with Gasteiger partial charge in [0.2, 0.25) is 0 Å². The topological polar surface area (TPSA) is 93.5 Å². The van der Waals surface area contributed by atoms with E-state index in [0.717, 1.165) is 12.1 Å². The monoisotopic (exact) mass is 385 g/mol. The van der Waals surface area contributed by atoms with Gasteiger partial charge in [-0.2, -0.15) is 0 Å². The lowest BCUT2D eigenvalue weighted by Crippen LogP contribution is -2.30. The summed E-state index contributed by atoms with van der Waals surface area (Å²) in [7, 11) is 1.38. The number of nitrogens with zero attached hydrogens (tertiary/aromatic N) is 1. The summed E-state index contributed by atoms with van der Waals surface area (Å²) in [4.78, 5) is 23.3. The number of methoxy groups -OCH3 is 1. The summed E-state index contributed by atoms with van der Waals surface area (Å²) < 4.78 is 5.00. The van der Waals surface area contributed by atoms with Crippen molar-refractivity contribution in [3.63, 3.8) is 0 Å². The Morgan fingerprint density at radius 2 is 2.04 bits per heavy atom. The van der Waals surface area contributed by atoms with E-state index in [9.17, 15) is 14.9 Å². The fourth-order valence-electron chi connectivity index (χ4n) is 2.64. The molecule has 7 nitrogen and oxygen atoms in total. The highest BCUT2D eigenvalue weighted by molar-refractivity contribution is 8.05. The van der Waals surface area contributed by atoms with Crippen LogP contribution in [0.2, 0.25) is 0 Å². The second-order valence-electron chi connectivity index (χ2n) is 5.86. The van der Waals surface area contributed by atoms with Gasteiger partial charge in [0.15, 0.2) is 11.2 Å². The standard InChI is InChI=1S/C19H19N3O4S/c1-3-12-4-7-14(8-5-12)20-19-21-18(23)17(27-19)11-13-6-9-16(26-2)15(10-13)22(24)25/h4-11,19-20H,3H2,1-2H3,(H,21,23)/b17-11-/t19-/m1/s1. The summed E-state index contributed by atoms with van der Waals surface area (Å²) >= 11 is 1.33. The molecule has 1 saturated heterocycles. The van der Waals surface area contributed by atoms with Crippen molar-refractivity contribution in [1.82, 2.24) is 5.32 Å². The van der Waals surface area contributed by atoms with Crippen molar-refractivity contribution in [2.45, 2.75) is 18.8 Å². The molecule has 0 radical (unpaired) electrons. The minimum absolute atomic E-state index is 0.138. The minimum atomic E-state index is -0.507. The van der Waals surface area contributed by atoms with Crippen molar-refractivity contribution < 1.29 is 14.5 Å². The van der Waals surface area contributed by atoms with Gasteiger partial charge in [-0.15, -0.1) is 0 Å². The van der Waals surface area contributed by atoms with Crippen LogP contribution < -0.4 is 15.4 Å². The highest BCUT2D eigenvalue weighted by atomic mass is 32.2. The SMILES string of the molecule is CCc1ccc(N[C@@H]2NC(=O)/C(=C/c3ccc(OC)c([N+](=O)[O-])c3)S2)cc1. The minimum Gasteiger partial charge on any atom is -0.490 e. The van der Waals surface area contributed by atoms with Crippen LogP contribution in [-0.4, -0.2) is 23.4 Å². The largest absolute Gasteiger partial charge is 0.490 e. The lowest BCUT2D eigenvalue weighted by Gasteiger charge is -2.12. The zero-order chi connectivity index (χ0) is 19.4. The number of carbonyl (C=O) groups excluding carboxylic acids is 1. The number of nitro groups is 1. The highest BCUT2D eigenvalue weighted by Crippen LogP contribution is 2.33. The van der Waals surface area contributed by atoms with Gasteiger partial charge in [-0.3, -0.25) is 14.9 Å². The maximum Gasteiger partial charge on any atom is 0.311 e. The van der Waals surface area contributed by atoms with E-state index in [1.807, 2.05) is 24.3 Å². The summed E-state index contributed by atoms with van der Waals surface area (Å²) in [6, 6.07) is 12.6. The van der Waals surface area contributed by atoms with Gasteiger partial charge in [0.1, 0.15) is 0 Å². The molecule has 27 heavy (non-hydrogen) atoms. The first-order chi connectivity index (χ1) is 13.0.